The highest BCUT2D eigenvalue weighted by Crippen LogP contribution is 2.22. The lowest BCUT2D eigenvalue weighted by molar-refractivity contribution is 0.139. The molecule has 0 N–H and O–H groups in total. The second-order valence-corrected chi connectivity index (χ2v) is 6.58. The topological polar surface area (TPSA) is 20.5 Å². The van der Waals surface area contributed by atoms with Crippen molar-refractivity contribution in [2.45, 2.75) is 39.2 Å². The number of aromatic nitrogens is 2. The largest absolute Gasteiger partial charge is 0.305 e. The maximum atomic E-state index is 6.02. The summed E-state index contributed by atoms with van der Waals surface area (Å²) in [4.78, 5) is 7.29. The summed E-state index contributed by atoms with van der Waals surface area (Å²) in [5, 5.41) is 0.755. The van der Waals surface area contributed by atoms with E-state index in [0.29, 0.717) is 6.04 Å². The van der Waals surface area contributed by atoms with E-state index in [0.717, 1.165) is 23.0 Å². The first-order valence-electron chi connectivity index (χ1n) is 7.49. The highest BCUT2D eigenvalue weighted by Gasteiger charge is 2.22. The molecule has 2 aromatic rings. The molecule has 3 heterocycles. The van der Waals surface area contributed by atoms with Gasteiger partial charge in [-0.15, -0.1) is 0 Å². The van der Waals surface area contributed by atoms with Crippen molar-refractivity contribution in [3.05, 3.63) is 35.2 Å². The molecule has 1 atom stereocenters. The third-order valence-corrected chi connectivity index (χ3v) is 4.47. The number of hydrogen-bond acceptors (Lipinski definition) is 2. The van der Waals surface area contributed by atoms with E-state index in [2.05, 4.69) is 24.9 Å². The minimum Gasteiger partial charge on any atom is -0.305 e. The summed E-state index contributed by atoms with van der Waals surface area (Å²) >= 11 is 6.02. The Bertz CT molecular complexity index is 590. The average Bonchev–Trinajstić information content (AvgIpc) is 2.80. The minimum atomic E-state index is 0.651. The summed E-state index contributed by atoms with van der Waals surface area (Å²) in [6.45, 7) is 7.02. The number of imidazole rings is 1. The van der Waals surface area contributed by atoms with Crippen molar-refractivity contribution in [1.29, 1.82) is 0 Å². The van der Waals surface area contributed by atoms with Gasteiger partial charge in [0.25, 0.3) is 0 Å². The van der Waals surface area contributed by atoms with E-state index in [1.54, 1.807) is 0 Å². The van der Waals surface area contributed by atoms with Crippen LogP contribution in [0.2, 0.25) is 5.02 Å². The zero-order valence-electron chi connectivity index (χ0n) is 12.2. The molecule has 4 heteroatoms. The van der Waals surface area contributed by atoms with Crippen molar-refractivity contribution < 1.29 is 0 Å². The van der Waals surface area contributed by atoms with Crippen molar-refractivity contribution in [2.75, 3.05) is 13.1 Å². The van der Waals surface area contributed by atoms with Crippen LogP contribution in [0.3, 0.4) is 0 Å². The van der Waals surface area contributed by atoms with Gasteiger partial charge in [-0.2, -0.15) is 0 Å². The second kappa shape index (κ2) is 5.74. The Balaban J connectivity index is 1.72. The molecule has 20 heavy (non-hydrogen) atoms. The summed E-state index contributed by atoms with van der Waals surface area (Å²) in [6.07, 6.45) is 7.74. The number of hydrogen-bond donors (Lipinski definition) is 0. The van der Waals surface area contributed by atoms with E-state index in [9.17, 15) is 0 Å². The number of rotatable bonds is 3. The van der Waals surface area contributed by atoms with Gasteiger partial charge in [-0.1, -0.05) is 11.6 Å². The molecule has 1 saturated heterocycles. The molecule has 0 saturated carbocycles. The molecule has 1 fully saturated rings. The Kier molecular flexibility index (Phi) is 3.99. The van der Waals surface area contributed by atoms with Crippen LogP contribution in [0.4, 0.5) is 0 Å². The Morgan fingerprint density at radius 2 is 2.20 bits per heavy atom. The van der Waals surface area contributed by atoms with Gasteiger partial charge >= 0.3 is 0 Å². The van der Waals surface area contributed by atoms with Crippen molar-refractivity contribution in [3.63, 3.8) is 0 Å². The van der Waals surface area contributed by atoms with Crippen LogP contribution in [0.1, 0.15) is 32.4 Å². The van der Waals surface area contributed by atoms with Crippen LogP contribution in [-0.4, -0.2) is 33.4 Å². The van der Waals surface area contributed by atoms with Gasteiger partial charge < -0.3 is 9.30 Å². The van der Waals surface area contributed by atoms with E-state index < -0.39 is 0 Å². The average molecular weight is 292 g/mol. The third kappa shape index (κ3) is 2.99. The van der Waals surface area contributed by atoms with Gasteiger partial charge in [-0.05, 0) is 57.7 Å². The predicted octanol–water partition coefficient (Wildman–Crippen LogP) is 3.65. The Labute approximate surface area is 125 Å². The zero-order chi connectivity index (χ0) is 14.1. The molecule has 3 nitrogen and oxygen atoms in total. The van der Waals surface area contributed by atoms with Crippen molar-refractivity contribution >= 4 is 17.2 Å². The van der Waals surface area contributed by atoms with E-state index in [4.69, 9.17) is 16.6 Å². The zero-order valence-corrected chi connectivity index (χ0v) is 13.0. The first-order chi connectivity index (χ1) is 9.61. The SMILES string of the molecule is CC(C)N1CCCC(Cc2cn3cc(Cl)ccc3n2)C1. The molecule has 0 aromatic carbocycles. The minimum absolute atomic E-state index is 0.651. The van der Waals surface area contributed by atoms with Crippen LogP contribution in [0.5, 0.6) is 0 Å². The summed E-state index contributed by atoms with van der Waals surface area (Å²) < 4.78 is 2.03. The molecule has 3 rings (SSSR count). The van der Waals surface area contributed by atoms with Crippen LogP contribution < -0.4 is 0 Å². The molecule has 0 radical (unpaired) electrons. The summed E-state index contributed by atoms with van der Waals surface area (Å²) in [5.74, 6) is 0.728. The molecule has 1 aliphatic rings. The summed E-state index contributed by atoms with van der Waals surface area (Å²) in [5.41, 5.74) is 2.17. The number of fused-ring (bicyclic) bond motifs is 1. The van der Waals surface area contributed by atoms with E-state index in [1.165, 1.54) is 31.6 Å². The van der Waals surface area contributed by atoms with Crippen LogP contribution in [0.15, 0.2) is 24.5 Å². The van der Waals surface area contributed by atoms with Gasteiger partial charge in [0.15, 0.2) is 0 Å². The molecule has 1 unspecified atom stereocenters. The van der Waals surface area contributed by atoms with Gasteiger partial charge in [-0.3, -0.25) is 0 Å². The lowest BCUT2D eigenvalue weighted by Crippen LogP contribution is -2.40. The second-order valence-electron chi connectivity index (χ2n) is 6.15. The fourth-order valence-electron chi connectivity index (χ4n) is 3.14. The fraction of sp³-hybridized carbons (Fsp3) is 0.562. The molecule has 1 aliphatic heterocycles. The first-order valence-corrected chi connectivity index (χ1v) is 7.87. The van der Waals surface area contributed by atoms with Gasteiger partial charge in [-0.25, -0.2) is 4.98 Å². The molecule has 0 amide bonds. The van der Waals surface area contributed by atoms with Crippen molar-refractivity contribution in [2.24, 2.45) is 5.92 Å². The third-order valence-electron chi connectivity index (χ3n) is 4.24. The van der Waals surface area contributed by atoms with Gasteiger partial charge in [0.05, 0.1) is 10.7 Å². The lowest BCUT2D eigenvalue weighted by Gasteiger charge is -2.35. The molecule has 0 aliphatic carbocycles. The summed E-state index contributed by atoms with van der Waals surface area (Å²) in [6, 6.07) is 4.53. The van der Waals surface area contributed by atoms with E-state index in [-0.39, 0.29) is 0 Å². The van der Waals surface area contributed by atoms with Crippen molar-refractivity contribution in [1.82, 2.24) is 14.3 Å². The Morgan fingerprint density at radius 3 is 3.00 bits per heavy atom. The van der Waals surface area contributed by atoms with Crippen LogP contribution in [0.25, 0.3) is 5.65 Å². The Morgan fingerprint density at radius 1 is 1.35 bits per heavy atom. The quantitative estimate of drug-likeness (QED) is 0.860. The first kappa shape index (κ1) is 13.9. The highest BCUT2D eigenvalue weighted by molar-refractivity contribution is 6.30. The normalized spacial score (nSPS) is 20.9. The number of nitrogens with zero attached hydrogens (tertiary/aromatic N) is 3. The number of likely N-dealkylation sites (tertiary alicyclic amines) is 1. The smallest absolute Gasteiger partial charge is 0.137 e. The molecule has 0 bridgehead atoms. The maximum absolute atomic E-state index is 6.02. The molecular weight excluding hydrogens is 270 g/mol. The lowest BCUT2D eigenvalue weighted by atomic mass is 9.93. The van der Waals surface area contributed by atoms with Crippen LogP contribution in [-0.2, 0) is 6.42 Å². The van der Waals surface area contributed by atoms with Crippen molar-refractivity contribution in [3.8, 4) is 0 Å². The summed E-state index contributed by atoms with van der Waals surface area (Å²) in [7, 11) is 0. The molecule has 0 spiro atoms. The molecular formula is C16H22ClN3. The number of pyridine rings is 1. The molecule has 2 aromatic heterocycles. The monoisotopic (exact) mass is 291 g/mol. The maximum Gasteiger partial charge on any atom is 0.137 e. The standard InChI is InChI=1S/C16H22ClN3/c1-12(2)19-7-3-4-13(9-19)8-15-11-20-10-14(17)5-6-16(20)18-15/h5-6,10-13H,3-4,7-9H2,1-2H3. The van der Waals surface area contributed by atoms with Crippen LogP contribution >= 0.6 is 11.6 Å². The van der Waals surface area contributed by atoms with Gasteiger partial charge in [0.1, 0.15) is 5.65 Å². The number of piperidine rings is 1. The van der Waals surface area contributed by atoms with Gasteiger partial charge in [0, 0.05) is 25.0 Å². The van der Waals surface area contributed by atoms with Crippen LogP contribution in [0, 0.1) is 5.92 Å². The molecule has 108 valence electrons. The van der Waals surface area contributed by atoms with E-state index >= 15 is 0 Å². The fourth-order valence-corrected chi connectivity index (χ4v) is 3.31. The number of halogens is 1. The predicted molar refractivity (Wildman–Crippen MR) is 83.3 cm³/mol. The van der Waals surface area contributed by atoms with E-state index in [1.807, 2.05) is 22.7 Å². The van der Waals surface area contributed by atoms with Gasteiger partial charge in [0.2, 0.25) is 0 Å². The Hall–Kier alpha value is -1.06. The highest BCUT2D eigenvalue weighted by atomic mass is 35.5.